The third kappa shape index (κ3) is 13.7. The molecule has 3 atom stereocenters. The number of aromatic nitrogens is 8. The second-order valence-corrected chi connectivity index (χ2v) is 21.8. The predicted molar refractivity (Wildman–Crippen MR) is 292 cm³/mol. The number of anilines is 2. The molecule has 396 valence electrons. The van der Waals surface area contributed by atoms with Gasteiger partial charge in [-0.2, -0.15) is 20.4 Å². The van der Waals surface area contributed by atoms with E-state index >= 15 is 0 Å². The van der Waals surface area contributed by atoms with Gasteiger partial charge < -0.3 is 26.2 Å². The van der Waals surface area contributed by atoms with E-state index in [0.717, 1.165) is 80.0 Å². The summed E-state index contributed by atoms with van der Waals surface area (Å²) >= 11 is 0. The molecule has 4 aromatic heterocycles. The van der Waals surface area contributed by atoms with E-state index in [-0.39, 0.29) is 114 Å². The number of phosphoric ester groups is 1. The molecule has 23 heteroatoms. The van der Waals surface area contributed by atoms with E-state index in [1.165, 1.54) is 14.0 Å². The molecule has 2 aromatic carbocycles. The molecule has 3 fully saturated rings. The Morgan fingerprint density at radius 2 is 1.12 bits per heavy atom. The third-order valence-corrected chi connectivity index (χ3v) is 15.6. The maximum atomic E-state index is 14.1. The Morgan fingerprint density at radius 1 is 0.645 bits per heavy atom. The number of benzene rings is 2. The number of hydrogen-bond acceptors (Lipinski definition) is 11. The molecule has 5 N–H and O–H groups in total. The Hall–Kier alpha value is -4.73. The van der Waals surface area contributed by atoms with Gasteiger partial charge in [-0.1, -0.05) is 43.5 Å². The summed E-state index contributed by atoms with van der Waals surface area (Å²) in [5.41, 5.74) is 7.86. The zero-order chi connectivity index (χ0) is 52.4. The number of carbonyl (C=O) groups excluding carboxylic acids is 4. The molecule has 3 aliphatic carbocycles. The predicted octanol–water partition coefficient (Wildman–Crippen LogP) is 7.10. The molecular formula is C53H69N12Na2O8P. The average molecular weight is 1080 g/mol. The summed E-state index contributed by atoms with van der Waals surface area (Å²) in [6.07, 6.45) is 12.2. The molecule has 20 nitrogen and oxygen atoms in total. The van der Waals surface area contributed by atoms with Crippen LogP contribution in [-0.4, -0.2) is 139 Å². The maximum absolute atomic E-state index is 14.1. The van der Waals surface area contributed by atoms with Crippen molar-refractivity contribution in [2.75, 3.05) is 10.6 Å². The average Bonchev–Trinajstić information content (AvgIpc) is 4.25. The number of nitrogens with one attached hydrogen (secondary N) is 4. The molecule has 6 aromatic rings. The van der Waals surface area contributed by atoms with Gasteiger partial charge in [0, 0.05) is 59.4 Å². The summed E-state index contributed by atoms with van der Waals surface area (Å²) in [6, 6.07) is 16.6. The van der Waals surface area contributed by atoms with Gasteiger partial charge in [-0.15, -0.1) is 0 Å². The van der Waals surface area contributed by atoms with E-state index in [2.05, 4.69) is 41.7 Å². The van der Waals surface area contributed by atoms with Crippen LogP contribution >= 0.6 is 7.82 Å². The molecule has 0 bridgehead atoms. The minimum atomic E-state index is -4.62. The van der Waals surface area contributed by atoms with Crippen molar-refractivity contribution in [2.24, 2.45) is 30.7 Å². The van der Waals surface area contributed by atoms with Crippen LogP contribution < -0.4 is 21.3 Å². The van der Waals surface area contributed by atoms with Crippen molar-refractivity contribution >= 4 is 102 Å². The van der Waals surface area contributed by atoms with Crippen molar-refractivity contribution in [3.63, 3.8) is 0 Å². The van der Waals surface area contributed by atoms with Gasteiger partial charge >= 0.3 is 66.9 Å². The van der Waals surface area contributed by atoms with Crippen molar-refractivity contribution in [1.29, 1.82) is 0 Å². The fourth-order valence-electron chi connectivity index (χ4n) is 10.7. The van der Waals surface area contributed by atoms with Crippen LogP contribution in [0.4, 0.5) is 11.4 Å². The first kappa shape index (κ1) is 58.9. The van der Waals surface area contributed by atoms with E-state index in [1.54, 1.807) is 48.4 Å². The Kier molecular flexibility index (Phi) is 19.7. The number of amides is 4. The second-order valence-electron chi connectivity index (χ2n) is 20.4. The molecule has 76 heavy (non-hydrogen) atoms. The topological polar surface area (TPSA) is 243 Å². The Balaban J connectivity index is 0.00000420. The summed E-state index contributed by atoms with van der Waals surface area (Å²) in [6.45, 7) is 10.5. The molecular weight excluding hydrogens is 1010 g/mol. The first-order valence-corrected chi connectivity index (χ1v) is 27.1. The molecule has 4 heterocycles. The number of rotatable bonds is 21. The van der Waals surface area contributed by atoms with Crippen molar-refractivity contribution < 1.29 is 37.7 Å². The van der Waals surface area contributed by atoms with Crippen molar-refractivity contribution in [3.8, 4) is 22.3 Å². The number of aryl methyl sites for hydroxylation is 3. The van der Waals surface area contributed by atoms with Gasteiger partial charge in [0.1, 0.15) is 23.5 Å². The summed E-state index contributed by atoms with van der Waals surface area (Å²) < 4.78 is 30.3. The van der Waals surface area contributed by atoms with Gasteiger partial charge in [-0.05, 0) is 151 Å². The molecule has 4 amide bonds. The van der Waals surface area contributed by atoms with Crippen molar-refractivity contribution in [2.45, 2.75) is 131 Å². The fraction of sp³-hybridized carbons (Fsp3) is 0.472. The zero-order valence-corrected chi connectivity index (χ0v) is 44.0. The molecule has 9 rings (SSSR count). The van der Waals surface area contributed by atoms with E-state index in [0.29, 0.717) is 57.4 Å². The molecule has 0 radical (unpaired) electrons. The van der Waals surface area contributed by atoms with Gasteiger partial charge in [-0.25, -0.2) is 13.9 Å². The van der Waals surface area contributed by atoms with Crippen LogP contribution in [0.25, 0.3) is 22.3 Å². The SMILES string of the molecule is Cc1nn(COP(=O)(O)OCn2nc(C)c(-c3ccc(NC(=O)[C@@H](NC(=O)c4ccnn4C(C)C)C(C4CC4)C4CC4)cc3)c2C)c(C)c1-c1ccc(NC(=O)[C@@H](NC(=O)c2ccnn2C)C2CCCCC2)cc1.[NaH].[NaH]. The van der Waals surface area contributed by atoms with Crippen LogP contribution in [0.15, 0.2) is 73.1 Å². The molecule has 3 aliphatic rings. The zero-order valence-electron chi connectivity index (χ0n) is 43.1. The van der Waals surface area contributed by atoms with E-state index in [9.17, 15) is 28.6 Å². The van der Waals surface area contributed by atoms with Gasteiger partial charge in [0.2, 0.25) is 11.8 Å². The van der Waals surface area contributed by atoms with Gasteiger partial charge in [0.05, 0.1) is 11.4 Å². The summed E-state index contributed by atoms with van der Waals surface area (Å²) in [4.78, 5) is 65.4. The van der Waals surface area contributed by atoms with Gasteiger partial charge in [0.25, 0.3) is 11.8 Å². The molecule has 3 saturated carbocycles. The normalized spacial score (nSPS) is 16.3. The van der Waals surface area contributed by atoms with Crippen LogP contribution in [0.1, 0.15) is 121 Å². The first-order chi connectivity index (χ1) is 35.5. The summed E-state index contributed by atoms with van der Waals surface area (Å²) in [5, 5.41) is 29.8. The third-order valence-electron chi connectivity index (χ3n) is 14.8. The van der Waals surface area contributed by atoms with Crippen LogP contribution in [0.2, 0.25) is 0 Å². The number of hydrogen-bond donors (Lipinski definition) is 5. The monoisotopic (exact) mass is 1080 g/mol. The van der Waals surface area contributed by atoms with Crippen LogP contribution in [0.5, 0.6) is 0 Å². The number of carbonyl (C=O) groups is 4. The summed E-state index contributed by atoms with van der Waals surface area (Å²) in [5.74, 6) is -0.326. The Bertz CT molecular complexity index is 3050. The van der Waals surface area contributed by atoms with E-state index in [4.69, 9.17) is 9.05 Å². The second kappa shape index (κ2) is 25.4. The summed E-state index contributed by atoms with van der Waals surface area (Å²) in [7, 11) is -2.93. The number of phosphoric acid groups is 1. The van der Waals surface area contributed by atoms with Crippen molar-refractivity contribution in [3.05, 3.63) is 107 Å². The Labute approximate surface area is 487 Å². The minimum absolute atomic E-state index is 0. The quantitative estimate of drug-likeness (QED) is 0.0358. The Morgan fingerprint density at radius 3 is 1.59 bits per heavy atom. The van der Waals surface area contributed by atoms with Gasteiger partial charge in [-0.3, -0.25) is 37.6 Å². The standard InChI is InChI=1S/C53H67N12O8P.2Na.2H/c1-31(2)65-44(26-28-55-65)51(67)59-49(47(38-13-14-38)39-15-16-39)53(69)57-42-23-19-37(20-24-42)46-33(4)61-64(35(46)6)30-73-74(70,71)72-29-63-34(5)45(32(3)60-63)36-17-21-41(22-18-36)56-52(68)48(40-11-9-8-10-12-40)58-50(66)43-25-27-54-62(43)7;;;;/h17-28,31,38-40,47-49H,8-16,29-30H2,1-7H3,(H,56,68)(H,57,69)(H,58,66)(H,59,67)(H,70,71);;;;/t48-,49-;;;;/m0..../s1. The molecule has 0 saturated heterocycles. The van der Waals surface area contributed by atoms with Gasteiger partial charge in [0.15, 0.2) is 13.5 Å². The van der Waals surface area contributed by atoms with E-state index in [1.807, 2.05) is 77.9 Å². The molecule has 1 unspecified atom stereocenters. The first-order valence-electron chi connectivity index (χ1n) is 25.6. The van der Waals surface area contributed by atoms with Crippen LogP contribution in [0.3, 0.4) is 0 Å². The van der Waals surface area contributed by atoms with Crippen LogP contribution in [-0.2, 0) is 43.7 Å². The molecule has 0 spiro atoms. The van der Waals surface area contributed by atoms with Crippen LogP contribution in [0, 0.1) is 51.4 Å². The fourth-order valence-corrected chi connectivity index (χ4v) is 11.3. The molecule has 0 aliphatic heterocycles. The van der Waals surface area contributed by atoms with E-state index < -0.39 is 19.9 Å². The number of nitrogens with zero attached hydrogens (tertiary/aromatic N) is 8. The van der Waals surface area contributed by atoms with Crippen molar-refractivity contribution in [1.82, 2.24) is 49.8 Å².